The van der Waals surface area contributed by atoms with E-state index in [1.165, 1.54) is 65.4 Å². The van der Waals surface area contributed by atoms with Crippen LogP contribution in [0, 0.1) is 11.3 Å². The summed E-state index contributed by atoms with van der Waals surface area (Å²) in [6.45, 7) is 5.25. The summed E-state index contributed by atoms with van der Waals surface area (Å²) >= 11 is 1.70. The van der Waals surface area contributed by atoms with Crippen molar-refractivity contribution in [2.75, 3.05) is 0 Å². The van der Waals surface area contributed by atoms with Gasteiger partial charge < -0.3 is 13.7 Å². The Balaban J connectivity index is 0.00000128. The Morgan fingerprint density at radius 2 is 0.772 bits per heavy atom. The van der Waals surface area contributed by atoms with Gasteiger partial charge in [-0.1, -0.05) is 90.6 Å². The molecule has 0 saturated heterocycles. The topological polar surface area (TPSA) is 38.6 Å². The van der Waals surface area contributed by atoms with Crippen LogP contribution in [0.4, 0.5) is 0 Å². The van der Waals surface area contributed by atoms with Crippen molar-refractivity contribution in [1.29, 1.82) is 5.26 Å². The number of nitriles is 1. The van der Waals surface area contributed by atoms with E-state index >= 15 is 0 Å². The standard InChI is InChI=1S/C49H30N4S.C3H6/c50-31-32-19-23-36(24-20-32)54-37-25-21-35(22-26-37)53-44-29-27-42-46(38-15-7-9-17-40(38)51(42)33-11-3-1-4-12-33)48(44)49-45(53)30-28-43-47(49)39-16-8-10-18-41(39)52(43)34-13-5-2-6-14-34;1-3-2/h1-30H;3H,1H2,2H3. The SMILES string of the molecule is C=CC.N#Cc1ccc(Sc2ccc(-n3c4ccc5c(c6ccccc6n5-c5ccccc5)c4c4c5c6ccccc6n(-c6ccccc6)c5ccc43)cc2)cc1. The second kappa shape index (κ2) is 14.1. The van der Waals surface area contributed by atoms with E-state index in [0.717, 1.165) is 26.9 Å². The lowest BCUT2D eigenvalue weighted by atomic mass is 10.0. The number of para-hydroxylation sites is 4. The number of hydrogen-bond donors (Lipinski definition) is 0. The van der Waals surface area contributed by atoms with Gasteiger partial charge in [-0.15, -0.1) is 6.58 Å². The van der Waals surface area contributed by atoms with E-state index in [-0.39, 0.29) is 0 Å². The number of allylic oxidation sites excluding steroid dienone is 1. The molecule has 3 aromatic heterocycles. The number of hydrogen-bond acceptors (Lipinski definition) is 2. The van der Waals surface area contributed by atoms with Crippen LogP contribution >= 0.6 is 11.8 Å². The summed E-state index contributed by atoms with van der Waals surface area (Å²) < 4.78 is 7.27. The third kappa shape index (κ3) is 5.53. The fraction of sp³-hybridized carbons (Fsp3) is 0.0192. The molecule has 0 N–H and O–H groups in total. The molecule has 4 nitrogen and oxygen atoms in total. The summed E-state index contributed by atoms with van der Waals surface area (Å²) in [5.41, 5.74) is 11.2. The fourth-order valence-electron chi connectivity index (χ4n) is 8.49. The highest BCUT2D eigenvalue weighted by Gasteiger charge is 2.24. The first kappa shape index (κ1) is 34.2. The summed E-state index contributed by atoms with van der Waals surface area (Å²) in [6, 6.07) is 67.2. The average molecular weight is 749 g/mol. The molecule has 0 unspecified atom stereocenters. The van der Waals surface area contributed by atoms with Gasteiger partial charge in [0.05, 0.1) is 44.7 Å². The van der Waals surface area contributed by atoms with Crippen molar-refractivity contribution >= 4 is 77.2 Å². The third-order valence-electron chi connectivity index (χ3n) is 10.7. The van der Waals surface area contributed by atoms with Crippen LogP contribution in [-0.4, -0.2) is 13.7 Å². The highest BCUT2D eigenvalue weighted by molar-refractivity contribution is 7.99. The maximum atomic E-state index is 9.26. The van der Waals surface area contributed by atoms with Crippen molar-refractivity contribution in [2.45, 2.75) is 16.7 Å². The Kier molecular flexibility index (Phi) is 8.48. The van der Waals surface area contributed by atoms with Crippen molar-refractivity contribution in [1.82, 2.24) is 13.7 Å². The molecule has 0 radical (unpaired) electrons. The molecule has 0 fully saturated rings. The Morgan fingerprint density at radius 3 is 1.21 bits per heavy atom. The molecule has 3 heterocycles. The summed E-state index contributed by atoms with van der Waals surface area (Å²) in [5.74, 6) is 0. The number of benzene rings is 8. The number of aromatic nitrogens is 3. The molecule has 0 spiro atoms. The molecule has 57 heavy (non-hydrogen) atoms. The molecule has 11 rings (SSSR count). The van der Waals surface area contributed by atoms with Crippen LogP contribution in [-0.2, 0) is 0 Å². The molecule has 5 heteroatoms. The van der Waals surface area contributed by atoms with Crippen LogP contribution in [0.15, 0.2) is 204 Å². The molecule has 0 amide bonds. The highest BCUT2D eigenvalue weighted by atomic mass is 32.2. The molecule has 0 aliphatic rings. The minimum absolute atomic E-state index is 0.669. The lowest BCUT2D eigenvalue weighted by Gasteiger charge is -2.10. The normalized spacial score (nSPS) is 11.4. The van der Waals surface area contributed by atoms with Gasteiger partial charge in [-0.3, -0.25) is 0 Å². The van der Waals surface area contributed by atoms with Crippen molar-refractivity contribution < 1.29 is 0 Å². The number of rotatable bonds is 5. The van der Waals surface area contributed by atoms with Crippen LogP contribution in [0.3, 0.4) is 0 Å². The predicted molar refractivity (Wildman–Crippen MR) is 241 cm³/mol. The zero-order valence-corrected chi connectivity index (χ0v) is 32.1. The summed E-state index contributed by atoms with van der Waals surface area (Å²) in [7, 11) is 0. The third-order valence-corrected chi connectivity index (χ3v) is 11.7. The first-order valence-corrected chi connectivity index (χ1v) is 19.9. The number of nitrogens with zero attached hydrogens (tertiary/aromatic N) is 4. The van der Waals surface area contributed by atoms with E-state index < -0.39 is 0 Å². The minimum Gasteiger partial charge on any atom is -0.309 e. The molecule has 11 aromatic rings. The van der Waals surface area contributed by atoms with E-state index in [1.54, 1.807) is 17.8 Å². The quantitative estimate of drug-likeness (QED) is 0.164. The maximum Gasteiger partial charge on any atom is 0.0991 e. The zero-order chi connectivity index (χ0) is 38.5. The average Bonchev–Trinajstić information content (AvgIpc) is 3.91. The van der Waals surface area contributed by atoms with Gasteiger partial charge in [-0.25, -0.2) is 0 Å². The largest absolute Gasteiger partial charge is 0.309 e. The molecule has 0 bridgehead atoms. The van der Waals surface area contributed by atoms with Gasteiger partial charge in [-0.05, 0) is 116 Å². The van der Waals surface area contributed by atoms with E-state index in [0.29, 0.717) is 5.56 Å². The van der Waals surface area contributed by atoms with Crippen molar-refractivity contribution in [3.63, 3.8) is 0 Å². The maximum absolute atomic E-state index is 9.26. The first-order chi connectivity index (χ1) is 28.2. The predicted octanol–water partition coefficient (Wildman–Crippen LogP) is 14.2. The lowest BCUT2D eigenvalue weighted by molar-refractivity contribution is 1.16. The van der Waals surface area contributed by atoms with Crippen molar-refractivity contribution in [2.24, 2.45) is 0 Å². The Labute approximate surface area is 334 Å². The molecule has 0 saturated carbocycles. The van der Waals surface area contributed by atoms with Gasteiger partial charge >= 0.3 is 0 Å². The van der Waals surface area contributed by atoms with Crippen LogP contribution < -0.4 is 0 Å². The van der Waals surface area contributed by atoms with E-state index in [2.05, 4.69) is 184 Å². The smallest absolute Gasteiger partial charge is 0.0991 e. The highest BCUT2D eigenvalue weighted by Crippen LogP contribution is 2.47. The summed E-state index contributed by atoms with van der Waals surface area (Å²) in [4.78, 5) is 2.25. The molecule has 8 aromatic carbocycles. The first-order valence-electron chi connectivity index (χ1n) is 19.1. The van der Waals surface area contributed by atoms with Crippen LogP contribution in [0.1, 0.15) is 12.5 Å². The Bertz CT molecular complexity index is 3160. The van der Waals surface area contributed by atoms with Gasteiger partial charge in [0.1, 0.15) is 0 Å². The monoisotopic (exact) mass is 748 g/mol. The van der Waals surface area contributed by atoms with E-state index in [9.17, 15) is 5.26 Å². The minimum atomic E-state index is 0.669. The fourth-order valence-corrected chi connectivity index (χ4v) is 9.31. The van der Waals surface area contributed by atoms with Gasteiger partial charge in [0.2, 0.25) is 0 Å². The van der Waals surface area contributed by atoms with E-state index in [1.807, 2.05) is 31.2 Å². The van der Waals surface area contributed by atoms with Crippen molar-refractivity contribution in [3.8, 4) is 23.1 Å². The van der Waals surface area contributed by atoms with Crippen LogP contribution in [0.25, 0.3) is 82.5 Å². The summed E-state index contributed by atoms with van der Waals surface area (Å²) in [6.07, 6.45) is 1.75. The van der Waals surface area contributed by atoms with Gasteiger partial charge in [0.25, 0.3) is 0 Å². The molecular formula is C52H36N4S. The molecule has 0 aliphatic heterocycles. The zero-order valence-electron chi connectivity index (χ0n) is 31.3. The van der Waals surface area contributed by atoms with Gasteiger partial charge in [0.15, 0.2) is 0 Å². The van der Waals surface area contributed by atoms with Crippen LogP contribution in [0.2, 0.25) is 0 Å². The number of fused-ring (bicyclic) bond motifs is 11. The second-order valence-corrected chi connectivity index (χ2v) is 15.2. The Hall–Kier alpha value is -7.26. The van der Waals surface area contributed by atoms with Gasteiger partial charge in [0, 0.05) is 59.2 Å². The van der Waals surface area contributed by atoms with Crippen molar-refractivity contribution in [3.05, 3.63) is 200 Å². The van der Waals surface area contributed by atoms with Crippen LogP contribution in [0.5, 0.6) is 0 Å². The molecule has 0 atom stereocenters. The Morgan fingerprint density at radius 1 is 0.421 bits per heavy atom. The molecular weight excluding hydrogens is 713 g/mol. The summed E-state index contributed by atoms with van der Waals surface area (Å²) in [5, 5.41) is 16.8. The van der Waals surface area contributed by atoms with E-state index in [4.69, 9.17) is 0 Å². The molecule has 270 valence electrons. The lowest BCUT2D eigenvalue weighted by Crippen LogP contribution is -1.95. The van der Waals surface area contributed by atoms with Gasteiger partial charge in [-0.2, -0.15) is 5.26 Å². The molecule has 0 aliphatic carbocycles. The second-order valence-electron chi connectivity index (χ2n) is 14.1.